The van der Waals surface area contributed by atoms with Gasteiger partial charge in [0.25, 0.3) is 0 Å². The quantitative estimate of drug-likeness (QED) is 0.614. The second-order valence-electron chi connectivity index (χ2n) is 5.53. The summed E-state index contributed by atoms with van der Waals surface area (Å²) in [5.74, 6) is -0.108. The lowest BCUT2D eigenvalue weighted by Gasteiger charge is -2.17. The summed E-state index contributed by atoms with van der Waals surface area (Å²) >= 11 is 0. The molecule has 96 valence electrons. The largest absolute Gasteiger partial charge is 0.508 e. The molecule has 4 rings (SSSR count). The molecule has 2 aliphatic carbocycles. The number of carbonyl (C=O) groups is 2. The number of hydrogen-bond donors (Lipinski definition) is 1. The van der Waals surface area contributed by atoms with Crippen LogP contribution < -0.4 is 4.90 Å². The molecular formula is C15H13NO3. The minimum Gasteiger partial charge on any atom is -0.508 e. The number of fused-ring (bicyclic) bond motifs is 5. The SMILES string of the molecule is O=C1[C@@H]2[C@@H](C(=O)N1c1cccc(O)c1)[C@H]1C=C[C@@H]2C1. The summed E-state index contributed by atoms with van der Waals surface area (Å²) in [6.45, 7) is 0. The molecule has 1 N–H and O–H groups in total. The van der Waals surface area contributed by atoms with Gasteiger partial charge in [0.2, 0.25) is 11.8 Å². The number of benzene rings is 1. The number of aromatic hydroxyl groups is 1. The van der Waals surface area contributed by atoms with Gasteiger partial charge in [0.15, 0.2) is 0 Å². The maximum atomic E-state index is 12.5. The smallest absolute Gasteiger partial charge is 0.238 e. The average molecular weight is 255 g/mol. The molecule has 1 aliphatic heterocycles. The fourth-order valence-corrected chi connectivity index (χ4v) is 3.79. The molecule has 4 nitrogen and oxygen atoms in total. The maximum Gasteiger partial charge on any atom is 0.238 e. The number of amides is 2. The van der Waals surface area contributed by atoms with Crippen molar-refractivity contribution >= 4 is 17.5 Å². The van der Waals surface area contributed by atoms with Crippen molar-refractivity contribution in [1.82, 2.24) is 0 Å². The first-order valence-corrected chi connectivity index (χ1v) is 6.52. The van der Waals surface area contributed by atoms with E-state index in [1.807, 2.05) is 0 Å². The molecule has 4 atom stereocenters. The van der Waals surface area contributed by atoms with Crippen LogP contribution in [-0.2, 0) is 9.59 Å². The van der Waals surface area contributed by atoms with Gasteiger partial charge in [-0.2, -0.15) is 0 Å². The Kier molecular flexibility index (Phi) is 1.97. The fraction of sp³-hybridized carbons (Fsp3) is 0.333. The Morgan fingerprint density at radius 1 is 1.05 bits per heavy atom. The van der Waals surface area contributed by atoms with E-state index in [0.29, 0.717) is 5.69 Å². The molecule has 4 heteroatoms. The number of nitrogens with zero attached hydrogens (tertiary/aromatic N) is 1. The summed E-state index contributed by atoms with van der Waals surface area (Å²) in [5, 5.41) is 9.50. The molecule has 0 unspecified atom stereocenters. The van der Waals surface area contributed by atoms with Crippen molar-refractivity contribution in [3.63, 3.8) is 0 Å². The Hall–Kier alpha value is -2.10. The molecule has 2 bridgehead atoms. The van der Waals surface area contributed by atoms with Gasteiger partial charge in [0, 0.05) is 6.07 Å². The first kappa shape index (κ1) is 10.8. The molecule has 1 aromatic rings. The predicted octanol–water partition coefficient (Wildman–Crippen LogP) is 1.70. The molecule has 3 aliphatic rings. The minimum absolute atomic E-state index is 0.0660. The van der Waals surface area contributed by atoms with Crippen LogP contribution in [0.25, 0.3) is 0 Å². The van der Waals surface area contributed by atoms with E-state index >= 15 is 0 Å². The zero-order valence-electron chi connectivity index (χ0n) is 10.2. The van der Waals surface area contributed by atoms with Gasteiger partial charge in [-0.25, -0.2) is 4.90 Å². The number of hydrogen-bond acceptors (Lipinski definition) is 3. The third-order valence-electron chi connectivity index (χ3n) is 4.56. The molecule has 0 spiro atoms. The van der Waals surface area contributed by atoms with E-state index in [9.17, 15) is 14.7 Å². The van der Waals surface area contributed by atoms with E-state index in [2.05, 4.69) is 12.2 Å². The number of allylic oxidation sites excluding steroid dienone is 2. The topological polar surface area (TPSA) is 57.6 Å². The lowest BCUT2D eigenvalue weighted by molar-refractivity contribution is -0.123. The highest BCUT2D eigenvalue weighted by Crippen LogP contribution is 2.53. The standard InChI is InChI=1S/C15H13NO3/c17-11-3-1-2-10(7-11)16-14(18)12-8-4-5-9(6-8)13(12)15(16)19/h1-5,7-9,12-13,17H,6H2/t8-,9+,12-,13-/m0/s1. The highest BCUT2D eigenvalue weighted by molar-refractivity contribution is 6.22. The third kappa shape index (κ3) is 1.28. The van der Waals surface area contributed by atoms with Crippen LogP contribution in [0.2, 0.25) is 0 Å². The zero-order chi connectivity index (χ0) is 13.1. The van der Waals surface area contributed by atoms with E-state index in [0.717, 1.165) is 6.42 Å². The number of phenolic OH excluding ortho intramolecular Hbond substituents is 1. The van der Waals surface area contributed by atoms with E-state index in [-0.39, 0.29) is 41.2 Å². The van der Waals surface area contributed by atoms with Crippen molar-refractivity contribution in [1.29, 1.82) is 0 Å². The highest BCUT2D eigenvalue weighted by Gasteiger charge is 2.59. The summed E-state index contributed by atoms with van der Waals surface area (Å²) in [5.41, 5.74) is 0.476. The number of anilines is 1. The van der Waals surface area contributed by atoms with Gasteiger partial charge >= 0.3 is 0 Å². The van der Waals surface area contributed by atoms with E-state index in [1.165, 1.54) is 17.0 Å². The second-order valence-corrected chi connectivity index (χ2v) is 5.53. The van der Waals surface area contributed by atoms with Crippen LogP contribution in [0.1, 0.15) is 6.42 Å². The summed E-state index contributed by atoms with van der Waals surface area (Å²) in [6, 6.07) is 6.32. The van der Waals surface area contributed by atoms with Crippen LogP contribution in [0.3, 0.4) is 0 Å². The summed E-state index contributed by atoms with van der Waals surface area (Å²) in [6.07, 6.45) is 5.08. The van der Waals surface area contributed by atoms with Gasteiger partial charge in [-0.3, -0.25) is 9.59 Å². The Bertz CT molecular complexity index is 592. The molecular weight excluding hydrogens is 242 g/mol. The molecule has 1 heterocycles. The van der Waals surface area contributed by atoms with Gasteiger partial charge in [-0.05, 0) is 30.4 Å². The molecule has 1 saturated carbocycles. The normalized spacial score (nSPS) is 35.3. The van der Waals surface area contributed by atoms with E-state index in [1.54, 1.807) is 12.1 Å². The first-order valence-electron chi connectivity index (χ1n) is 6.52. The van der Waals surface area contributed by atoms with E-state index < -0.39 is 0 Å². The number of carbonyl (C=O) groups excluding carboxylic acids is 2. The average Bonchev–Trinajstić information content (AvgIpc) is 3.04. The summed E-state index contributed by atoms with van der Waals surface area (Å²) in [7, 11) is 0. The zero-order valence-corrected chi connectivity index (χ0v) is 10.2. The molecule has 19 heavy (non-hydrogen) atoms. The van der Waals surface area contributed by atoms with Crippen molar-refractivity contribution in [3.05, 3.63) is 36.4 Å². The second kappa shape index (κ2) is 3.47. The lowest BCUT2D eigenvalue weighted by atomic mass is 9.85. The monoisotopic (exact) mass is 255 g/mol. The number of phenols is 1. The summed E-state index contributed by atoms with van der Waals surface area (Å²) in [4.78, 5) is 26.2. The molecule has 2 fully saturated rings. The van der Waals surface area contributed by atoms with Crippen LogP contribution in [0.4, 0.5) is 5.69 Å². The minimum atomic E-state index is -0.190. The maximum absolute atomic E-state index is 12.5. The van der Waals surface area contributed by atoms with Crippen molar-refractivity contribution in [2.75, 3.05) is 4.90 Å². The number of imide groups is 1. The van der Waals surface area contributed by atoms with Crippen LogP contribution in [0.5, 0.6) is 5.75 Å². The van der Waals surface area contributed by atoms with Crippen molar-refractivity contribution in [2.45, 2.75) is 6.42 Å². The molecule has 0 radical (unpaired) electrons. The van der Waals surface area contributed by atoms with Crippen molar-refractivity contribution in [3.8, 4) is 5.75 Å². The van der Waals surface area contributed by atoms with Crippen molar-refractivity contribution in [2.24, 2.45) is 23.7 Å². The molecule has 1 saturated heterocycles. The van der Waals surface area contributed by atoms with Crippen LogP contribution in [-0.4, -0.2) is 16.9 Å². The van der Waals surface area contributed by atoms with Crippen molar-refractivity contribution < 1.29 is 14.7 Å². The first-order chi connectivity index (χ1) is 9.16. The predicted molar refractivity (Wildman–Crippen MR) is 68.3 cm³/mol. The highest BCUT2D eigenvalue weighted by atomic mass is 16.3. The fourth-order valence-electron chi connectivity index (χ4n) is 3.79. The summed E-state index contributed by atoms with van der Waals surface area (Å²) < 4.78 is 0. The van der Waals surface area contributed by atoms with Gasteiger partial charge in [0.1, 0.15) is 5.75 Å². The van der Waals surface area contributed by atoms with Gasteiger partial charge in [-0.1, -0.05) is 18.2 Å². The van der Waals surface area contributed by atoms with Gasteiger partial charge < -0.3 is 5.11 Å². The third-order valence-corrected chi connectivity index (χ3v) is 4.56. The van der Waals surface area contributed by atoms with Gasteiger partial charge in [-0.15, -0.1) is 0 Å². The van der Waals surface area contributed by atoms with Crippen LogP contribution >= 0.6 is 0 Å². The van der Waals surface area contributed by atoms with Gasteiger partial charge in [0.05, 0.1) is 17.5 Å². The Labute approximate surface area is 110 Å². The Morgan fingerprint density at radius 3 is 2.26 bits per heavy atom. The Balaban J connectivity index is 1.77. The Morgan fingerprint density at radius 2 is 1.68 bits per heavy atom. The van der Waals surface area contributed by atoms with Crippen LogP contribution in [0.15, 0.2) is 36.4 Å². The molecule has 0 aromatic heterocycles. The molecule has 2 amide bonds. The number of rotatable bonds is 1. The van der Waals surface area contributed by atoms with E-state index in [4.69, 9.17) is 0 Å². The lowest BCUT2D eigenvalue weighted by Crippen LogP contribution is -2.32. The molecule has 1 aromatic carbocycles. The van der Waals surface area contributed by atoms with Crippen LogP contribution in [0, 0.1) is 23.7 Å².